The van der Waals surface area contributed by atoms with Gasteiger partial charge in [-0.25, -0.2) is 0 Å². The number of halogens is 3. The largest absolute Gasteiger partial charge is 0.390 e. The third kappa shape index (κ3) is 6.26. The highest BCUT2D eigenvalue weighted by Crippen LogP contribution is 2.18. The van der Waals surface area contributed by atoms with Gasteiger partial charge in [0.05, 0.1) is 6.42 Å². The van der Waals surface area contributed by atoms with Crippen molar-refractivity contribution in [3.63, 3.8) is 0 Å². The fraction of sp³-hybridized carbons (Fsp3) is 0.778. The molecule has 0 aliphatic rings. The molecule has 94 valence electrons. The van der Waals surface area contributed by atoms with Crippen molar-refractivity contribution in [2.45, 2.75) is 32.4 Å². The second-order valence-corrected chi connectivity index (χ2v) is 3.40. The highest BCUT2D eigenvalue weighted by atomic mass is 19.4. The van der Waals surface area contributed by atoms with E-state index in [2.05, 4.69) is 0 Å². The molecule has 0 rings (SSSR count). The Morgan fingerprint density at radius 1 is 1.38 bits per heavy atom. The number of amides is 2. The van der Waals surface area contributed by atoms with Gasteiger partial charge in [-0.3, -0.25) is 9.59 Å². The minimum atomic E-state index is -4.32. The summed E-state index contributed by atoms with van der Waals surface area (Å²) in [5.41, 5.74) is 4.96. The van der Waals surface area contributed by atoms with Gasteiger partial charge in [-0.15, -0.1) is 0 Å². The van der Waals surface area contributed by atoms with E-state index in [-0.39, 0.29) is 6.42 Å². The summed E-state index contributed by atoms with van der Waals surface area (Å²) in [6.45, 7) is 1.22. The lowest BCUT2D eigenvalue weighted by molar-refractivity contribution is -0.138. The van der Waals surface area contributed by atoms with Crippen LogP contribution in [0.4, 0.5) is 13.2 Å². The molecule has 0 saturated carbocycles. The maximum absolute atomic E-state index is 11.8. The van der Waals surface area contributed by atoms with Gasteiger partial charge in [0.25, 0.3) is 0 Å². The number of nitrogens with two attached hydrogens (primary N) is 1. The molecular formula is C9H15F3N2O2. The second-order valence-electron chi connectivity index (χ2n) is 3.40. The molecule has 1 unspecified atom stereocenters. The molecule has 0 spiro atoms. The van der Waals surface area contributed by atoms with Crippen LogP contribution < -0.4 is 11.1 Å². The van der Waals surface area contributed by atoms with Gasteiger partial charge in [-0.1, -0.05) is 13.3 Å². The fourth-order valence-electron chi connectivity index (χ4n) is 1.14. The molecule has 0 fully saturated rings. The molecule has 7 heteroatoms. The van der Waals surface area contributed by atoms with E-state index in [1.165, 1.54) is 0 Å². The summed E-state index contributed by atoms with van der Waals surface area (Å²) in [4.78, 5) is 22.1. The van der Waals surface area contributed by atoms with E-state index >= 15 is 0 Å². The number of nitrogens with one attached hydrogen (secondary N) is 1. The van der Waals surface area contributed by atoms with E-state index in [0.29, 0.717) is 6.42 Å². The number of primary amides is 1. The van der Waals surface area contributed by atoms with Crippen molar-refractivity contribution in [3.8, 4) is 0 Å². The standard InChI is InChI=1S/C9H15F3N2O2/c1-2-3-6(7(13)15)8(16)14-5-4-9(10,11)12/h6H,2-5H2,1H3,(H2,13,15)(H,14,16). The van der Waals surface area contributed by atoms with Gasteiger partial charge >= 0.3 is 6.18 Å². The van der Waals surface area contributed by atoms with Crippen LogP contribution in [0.3, 0.4) is 0 Å². The quantitative estimate of drug-likeness (QED) is 0.678. The van der Waals surface area contributed by atoms with Gasteiger partial charge in [0.15, 0.2) is 0 Å². The van der Waals surface area contributed by atoms with E-state index in [1.54, 1.807) is 6.92 Å². The molecule has 0 aromatic rings. The Hall–Kier alpha value is -1.27. The number of alkyl halides is 3. The van der Waals surface area contributed by atoms with Crippen LogP contribution in [0.15, 0.2) is 0 Å². The average Bonchev–Trinajstić information content (AvgIpc) is 2.11. The van der Waals surface area contributed by atoms with Gasteiger partial charge in [-0.05, 0) is 6.42 Å². The van der Waals surface area contributed by atoms with Crippen LogP contribution in [0.25, 0.3) is 0 Å². The number of carbonyl (C=O) groups is 2. The zero-order valence-corrected chi connectivity index (χ0v) is 8.93. The van der Waals surface area contributed by atoms with Crippen molar-refractivity contribution in [2.75, 3.05) is 6.54 Å². The SMILES string of the molecule is CCCC(C(N)=O)C(=O)NCCC(F)(F)F. The average molecular weight is 240 g/mol. The Labute approximate surface area is 91.4 Å². The van der Waals surface area contributed by atoms with Gasteiger partial charge in [-0.2, -0.15) is 13.2 Å². The van der Waals surface area contributed by atoms with Gasteiger partial charge in [0.1, 0.15) is 5.92 Å². The molecule has 0 aromatic carbocycles. The lowest BCUT2D eigenvalue weighted by Crippen LogP contribution is -2.39. The van der Waals surface area contributed by atoms with Crippen LogP contribution in [0.1, 0.15) is 26.2 Å². The minimum absolute atomic E-state index is 0.243. The summed E-state index contributed by atoms with van der Waals surface area (Å²) in [6, 6.07) is 0. The summed E-state index contributed by atoms with van der Waals surface area (Å²) in [5.74, 6) is -2.59. The molecule has 0 radical (unpaired) electrons. The van der Waals surface area contributed by atoms with Crippen molar-refractivity contribution in [2.24, 2.45) is 11.7 Å². The first-order valence-electron chi connectivity index (χ1n) is 4.91. The van der Waals surface area contributed by atoms with E-state index in [1.807, 2.05) is 5.32 Å². The zero-order valence-electron chi connectivity index (χ0n) is 8.93. The lowest BCUT2D eigenvalue weighted by Gasteiger charge is -2.13. The van der Waals surface area contributed by atoms with Gasteiger partial charge in [0, 0.05) is 6.54 Å². The first kappa shape index (κ1) is 14.7. The molecule has 0 bridgehead atoms. The Balaban J connectivity index is 4.07. The normalized spacial score (nSPS) is 13.2. The number of carbonyl (C=O) groups excluding carboxylic acids is 2. The topological polar surface area (TPSA) is 72.2 Å². The molecule has 4 nitrogen and oxygen atoms in total. The van der Waals surface area contributed by atoms with E-state index in [0.717, 1.165) is 0 Å². The van der Waals surface area contributed by atoms with Crippen LogP contribution in [0, 0.1) is 5.92 Å². The summed E-state index contributed by atoms with van der Waals surface area (Å²) < 4.78 is 35.3. The Bertz CT molecular complexity index is 254. The summed E-state index contributed by atoms with van der Waals surface area (Å²) in [7, 11) is 0. The molecule has 0 aliphatic carbocycles. The highest BCUT2D eigenvalue weighted by Gasteiger charge is 2.28. The van der Waals surface area contributed by atoms with Crippen molar-refractivity contribution >= 4 is 11.8 Å². The van der Waals surface area contributed by atoms with Gasteiger partial charge in [0.2, 0.25) is 11.8 Å². The Morgan fingerprint density at radius 3 is 2.31 bits per heavy atom. The molecule has 0 heterocycles. The fourth-order valence-corrected chi connectivity index (χ4v) is 1.14. The number of hydrogen-bond acceptors (Lipinski definition) is 2. The monoisotopic (exact) mass is 240 g/mol. The maximum Gasteiger partial charge on any atom is 0.390 e. The van der Waals surface area contributed by atoms with Crippen LogP contribution >= 0.6 is 0 Å². The number of rotatable bonds is 6. The lowest BCUT2D eigenvalue weighted by atomic mass is 10.0. The van der Waals surface area contributed by atoms with Crippen LogP contribution in [0.5, 0.6) is 0 Å². The van der Waals surface area contributed by atoms with Crippen LogP contribution in [-0.2, 0) is 9.59 Å². The Kier molecular flexibility index (Phi) is 5.84. The predicted octanol–water partition coefficient (Wildman–Crippen LogP) is 0.957. The molecule has 2 amide bonds. The molecule has 0 aromatic heterocycles. The van der Waals surface area contributed by atoms with Crippen molar-refractivity contribution < 1.29 is 22.8 Å². The second kappa shape index (κ2) is 6.34. The summed E-state index contributed by atoms with van der Waals surface area (Å²) >= 11 is 0. The van der Waals surface area contributed by atoms with E-state index in [4.69, 9.17) is 5.73 Å². The van der Waals surface area contributed by atoms with E-state index < -0.39 is 36.9 Å². The van der Waals surface area contributed by atoms with Crippen molar-refractivity contribution in [1.29, 1.82) is 0 Å². The maximum atomic E-state index is 11.8. The smallest absolute Gasteiger partial charge is 0.369 e. The molecular weight excluding hydrogens is 225 g/mol. The Morgan fingerprint density at radius 2 is 1.94 bits per heavy atom. The van der Waals surface area contributed by atoms with Crippen molar-refractivity contribution in [3.05, 3.63) is 0 Å². The molecule has 3 N–H and O–H groups in total. The molecule has 16 heavy (non-hydrogen) atoms. The third-order valence-corrected chi connectivity index (χ3v) is 1.94. The molecule has 0 saturated heterocycles. The number of hydrogen-bond donors (Lipinski definition) is 2. The van der Waals surface area contributed by atoms with Crippen LogP contribution in [-0.4, -0.2) is 24.5 Å². The highest BCUT2D eigenvalue weighted by molar-refractivity contribution is 5.99. The summed E-state index contributed by atoms with van der Waals surface area (Å²) in [6.07, 6.45) is -4.63. The van der Waals surface area contributed by atoms with Gasteiger partial charge < -0.3 is 11.1 Å². The molecule has 0 aliphatic heterocycles. The summed E-state index contributed by atoms with van der Waals surface area (Å²) in [5, 5.41) is 2.05. The third-order valence-electron chi connectivity index (χ3n) is 1.94. The molecule has 1 atom stereocenters. The minimum Gasteiger partial charge on any atom is -0.369 e. The van der Waals surface area contributed by atoms with Crippen LogP contribution in [0.2, 0.25) is 0 Å². The van der Waals surface area contributed by atoms with E-state index in [9.17, 15) is 22.8 Å². The van der Waals surface area contributed by atoms with Crippen molar-refractivity contribution in [1.82, 2.24) is 5.32 Å². The zero-order chi connectivity index (χ0) is 12.8. The first-order valence-corrected chi connectivity index (χ1v) is 4.91. The first-order chi connectivity index (χ1) is 7.28. The predicted molar refractivity (Wildman–Crippen MR) is 51.3 cm³/mol.